The van der Waals surface area contributed by atoms with Gasteiger partial charge in [-0.25, -0.2) is 0 Å². The van der Waals surface area contributed by atoms with Crippen LogP contribution >= 0.6 is 0 Å². The summed E-state index contributed by atoms with van der Waals surface area (Å²) in [6.45, 7) is 9.19. The van der Waals surface area contributed by atoms with E-state index in [0.29, 0.717) is 17.7 Å². The molecule has 4 nitrogen and oxygen atoms in total. The van der Waals surface area contributed by atoms with Crippen molar-refractivity contribution in [1.29, 1.82) is 0 Å². The van der Waals surface area contributed by atoms with Gasteiger partial charge in [-0.05, 0) is 31.6 Å². The van der Waals surface area contributed by atoms with Gasteiger partial charge in [0.15, 0.2) is 0 Å². The van der Waals surface area contributed by atoms with E-state index in [9.17, 15) is 0 Å². The third-order valence-electron chi connectivity index (χ3n) is 3.21. The average molecular weight is 238 g/mol. The quantitative estimate of drug-likeness (QED) is 0.789. The topological polar surface area (TPSA) is 48.2 Å². The van der Waals surface area contributed by atoms with Crippen molar-refractivity contribution in [3.8, 4) is 0 Å². The van der Waals surface area contributed by atoms with Crippen molar-refractivity contribution in [2.24, 2.45) is 11.8 Å². The van der Waals surface area contributed by atoms with Crippen LogP contribution in [0.4, 0.5) is 0 Å². The highest BCUT2D eigenvalue weighted by atomic mass is 16.5. The van der Waals surface area contributed by atoms with Crippen molar-refractivity contribution < 1.29 is 9.15 Å². The molecule has 0 saturated heterocycles. The molecule has 1 saturated carbocycles. The largest absolute Gasteiger partial charge is 0.422 e. The van der Waals surface area contributed by atoms with Gasteiger partial charge in [0.05, 0.1) is 0 Å². The molecule has 1 fully saturated rings. The molecule has 1 atom stereocenters. The molecule has 2 rings (SSSR count). The van der Waals surface area contributed by atoms with Crippen LogP contribution in [0.3, 0.4) is 0 Å². The van der Waals surface area contributed by atoms with Gasteiger partial charge in [-0.1, -0.05) is 20.8 Å². The molecule has 0 unspecified atom stereocenters. The Kier molecular flexibility index (Phi) is 3.82. The van der Waals surface area contributed by atoms with E-state index in [1.165, 1.54) is 12.8 Å². The molecule has 1 heterocycles. The zero-order valence-corrected chi connectivity index (χ0v) is 11.1. The van der Waals surface area contributed by atoms with Crippen LogP contribution in [0.25, 0.3) is 0 Å². The predicted octanol–water partition coefficient (Wildman–Crippen LogP) is 3.32. The Hall–Kier alpha value is -0.900. The van der Waals surface area contributed by atoms with Crippen LogP contribution in [-0.2, 0) is 4.74 Å². The number of rotatable bonds is 5. The first kappa shape index (κ1) is 12.6. The highest BCUT2D eigenvalue weighted by Crippen LogP contribution is 2.40. The summed E-state index contributed by atoms with van der Waals surface area (Å²) in [7, 11) is 0. The maximum absolute atomic E-state index is 5.68. The SMILES string of the molecule is CC(C)CO[C@H](C)c1nnc([C@H]2C[C@H](C)C2)o1. The molecular weight excluding hydrogens is 216 g/mol. The van der Waals surface area contributed by atoms with Gasteiger partial charge in [0.1, 0.15) is 6.10 Å². The number of aromatic nitrogens is 2. The number of nitrogens with zero attached hydrogens (tertiary/aromatic N) is 2. The van der Waals surface area contributed by atoms with Crippen LogP contribution in [0.5, 0.6) is 0 Å². The third-order valence-corrected chi connectivity index (χ3v) is 3.21. The molecule has 0 spiro atoms. The fourth-order valence-electron chi connectivity index (χ4n) is 2.09. The molecule has 0 radical (unpaired) electrons. The normalized spacial score (nSPS) is 25.9. The predicted molar refractivity (Wildman–Crippen MR) is 64.6 cm³/mol. The van der Waals surface area contributed by atoms with Gasteiger partial charge in [0.2, 0.25) is 11.8 Å². The molecule has 0 aliphatic heterocycles. The van der Waals surface area contributed by atoms with Gasteiger partial charge < -0.3 is 9.15 Å². The van der Waals surface area contributed by atoms with Gasteiger partial charge in [-0.3, -0.25) is 0 Å². The van der Waals surface area contributed by atoms with Crippen molar-refractivity contribution in [2.75, 3.05) is 6.61 Å². The summed E-state index contributed by atoms with van der Waals surface area (Å²) < 4.78 is 11.3. The number of ether oxygens (including phenoxy) is 1. The number of hydrogen-bond acceptors (Lipinski definition) is 4. The summed E-state index contributed by atoms with van der Waals surface area (Å²) in [5.41, 5.74) is 0. The van der Waals surface area contributed by atoms with E-state index in [-0.39, 0.29) is 6.10 Å². The Balaban J connectivity index is 1.89. The zero-order valence-electron chi connectivity index (χ0n) is 11.1. The van der Waals surface area contributed by atoms with Crippen LogP contribution in [0.15, 0.2) is 4.42 Å². The first-order valence-corrected chi connectivity index (χ1v) is 6.51. The summed E-state index contributed by atoms with van der Waals surface area (Å²) in [6.07, 6.45) is 2.24. The van der Waals surface area contributed by atoms with Gasteiger partial charge >= 0.3 is 0 Å². The summed E-state index contributed by atoms with van der Waals surface area (Å²) in [5, 5.41) is 8.20. The summed E-state index contributed by atoms with van der Waals surface area (Å²) in [4.78, 5) is 0. The fraction of sp³-hybridized carbons (Fsp3) is 0.846. The summed E-state index contributed by atoms with van der Waals surface area (Å²) >= 11 is 0. The molecular formula is C13H22N2O2. The van der Waals surface area contributed by atoms with Crippen molar-refractivity contribution in [2.45, 2.75) is 52.6 Å². The molecule has 0 amide bonds. The lowest BCUT2D eigenvalue weighted by molar-refractivity contribution is 0.0288. The monoisotopic (exact) mass is 238 g/mol. The molecule has 17 heavy (non-hydrogen) atoms. The van der Waals surface area contributed by atoms with Crippen LogP contribution < -0.4 is 0 Å². The van der Waals surface area contributed by atoms with E-state index in [1.54, 1.807) is 0 Å². The second-order valence-corrected chi connectivity index (χ2v) is 5.62. The maximum atomic E-state index is 5.68. The van der Waals surface area contributed by atoms with E-state index >= 15 is 0 Å². The van der Waals surface area contributed by atoms with Gasteiger partial charge in [-0.15, -0.1) is 10.2 Å². The average Bonchev–Trinajstić information content (AvgIpc) is 2.70. The lowest BCUT2D eigenvalue weighted by Crippen LogP contribution is -2.19. The Labute approximate surface area is 103 Å². The highest BCUT2D eigenvalue weighted by Gasteiger charge is 2.31. The van der Waals surface area contributed by atoms with Crippen molar-refractivity contribution in [3.63, 3.8) is 0 Å². The lowest BCUT2D eigenvalue weighted by atomic mass is 9.76. The molecule has 4 heteroatoms. The lowest BCUT2D eigenvalue weighted by Gasteiger charge is -2.29. The minimum absolute atomic E-state index is 0.101. The van der Waals surface area contributed by atoms with E-state index in [0.717, 1.165) is 18.4 Å². The summed E-state index contributed by atoms with van der Waals surface area (Å²) in [6, 6.07) is 0. The second kappa shape index (κ2) is 5.17. The van der Waals surface area contributed by atoms with Gasteiger partial charge in [-0.2, -0.15) is 0 Å². The van der Waals surface area contributed by atoms with Crippen molar-refractivity contribution in [1.82, 2.24) is 10.2 Å². The van der Waals surface area contributed by atoms with Gasteiger partial charge in [0.25, 0.3) is 0 Å². The Morgan fingerprint density at radius 3 is 2.59 bits per heavy atom. The minimum Gasteiger partial charge on any atom is -0.422 e. The van der Waals surface area contributed by atoms with Crippen molar-refractivity contribution in [3.05, 3.63) is 11.8 Å². The molecule has 96 valence electrons. The number of hydrogen-bond donors (Lipinski definition) is 0. The van der Waals surface area contributed by atoms with E-state index in [1.807, 2.05) is 6.92 Å². The van der Waals surface area contributed by atoms with Crippen LogP contribution in [0.1, 0.15) is 64.3 Å². The first-order valence-electron chi connectivity index (χ1n) is 6.51. The second-order valence-electron chi connectivity index (χ2n) is 5.62. The van der Waals surface area contributed by atoms with Crippen LogP contribution in [0, 0.1) is 11.8 Å². The fourth-order valence-corrected chi connectivity index (χ4v) is 2.09. The zero-order chi connectivity index (χ0) is 12.4. The Bertz CT molecular complexity index is 356. The van der Waals surface area contributed by atoms with Crippen LogP contribution in [0.2, 0.25) is 0 Å². The molecule has 1 aliphatic rings. The van der Waals surface area contributed by atoms with E-state index in [2.05, 4.69) is 31.0 Å². The summed E-state index contributed by atoms with van der Waals surface area (Å²) in [5.74, 6) is 3.19. The molecule has 0 bridgehead atoms. The molecule has 1 aliphatic carbocycles. The van der Waals surface area contributed by atoms with Crippen molar-refractivity contribution >= 4 is 0 Å². The standard InChI is InChI=1S/C13H22N2O2/c1-8(2)7-16-10(4)12-14-15-13(17-12)11-5-9(3)6-11/h8-11H,5-7H2,1-4H3/t9-,10-,11-/m1/s1. The molecule has 0 aromatic carbocycles. The molecule has 1 aromatic rings. The first-order chi connectivity index (χ1) is 8.06. The molecule has 1 aromatic heterocycles. The minimum atomic E-state index is -0.101. The Morgan fingerprint density at radius 2 is 2.00 bits per heavy atom. The Morgan fingerprint density at radius 1 is 1.29 bits per heavy atom. The smallest absolute Gasteiger partial charge is 0.244 e. The maximum Gasteiger partial charge on any atom is 0.244 e. The van der Waals surface area contributed by atoms with Gasteiger partial charge in [0, 0.05) is 12.5 Å². The molecule has 0 N–H and O–H groups in total. The highest BCUT2D eigenvalue weighted by molar-refractivity contribution is 4.99. The third kappa shape index (κ3) is 3.06. The van der Waals surface area contributed by atoms with E-state index < -0.39 is 0 Å². The van der Waals surface area contributed by atoms with Crippen LogP contribution in [-0.4, -0.2) is 16.8 Å². The van der Waals surface area contributed by atoms with E-state index in [4.69, 9.17) is 9.15 Å².